The van der Waals surface area contributed by atoms with Crippen LogP contribution in [0.25, 0.3) is 21.0 Å². The van der Waals surface area contributed by atoms with Gasteiger partial charge in [-0.05, 0) is 48.8 Å². The molecule has 0 amide bonds. The van der Waals surface area contributed by atoms with Gasteiger partial charge in [0.25, 0.3) is 0 Å². The molecule has 3 heterocycles. The first-order valence-electron chi connectivity index (χ1n) is 7.22. The summed E-state index contributed by atoms with van der Waals surface area (Å²) in [5.41, 5.74) is 9.91. The summed E-state index contributed by atoms with van der Waals surface area (Å²) in [6, 6.07) is 6.52. The Bertz CT molecular complexity index is 757. The van der Waals surface area contributed by atoms with Crippen LogP contribution in [0.2, 0.25) is 0 Å². The van der Waals surface area contributed by atoms with Crippen LogP contribution in [-0.2, 0) is 19.9 Å². The summed E-state index contributed by atoms with van der Waals surface area (Å²) in [5.74, 6) is 0.749. The van der Waals surface area contributed by atoms with Crippen molar-refractivity contribution >= 4 is 28.5 Å². The van der Waals surface area contributed by atoms with Gasteiger partial charge < -0.3 is 5.73 Å². The Hall–Kier alpha value is -1.59. The standard InChI is InChI=1S/C16H17N3S2/c1-19-16(17)14(12-7-4-8-20-12)15(18-19)13-9-10-5-2-3-6-11(10)21-13/h4,7-9H,2-3,5-6,17H2,1H3. The Morgan fingerprint density at radius 2 is 2.10 bits per heavy atom. The van der Waals surface area contributed by atoms with Crippen LogP contribution < -0.4 is 5.73 Å². The summed E-state index contributed by atoms with van der Waals surface area (Å²) in [6.45, 7) is 0. The lowest BCUT2D eigenvalue weighted by Crippen LogP contribution is -1.97. The Morgan fingerprint density at radius 1 is 1.24 bits per heavy atom. The average molecular weight is 315 g/mol. The molecule has 0 unspecified atom stereocenters. The molecule has 1 aliphatic rings. The second kappa shape index (κ2) is 5.00. The van der Waals surface area contributed by atoms with Crippen molar-refractivity contribution in [2.24, 2.45) is 7.05 Å². The lowest BCUT2D eigenvalue weighted by molar-refractivity contribution is 0.697. The molecule has 1 aliphatic carbocycles. The molecule has 0 fully saturated rings. The number of nitrogens with zero attached hydrogens (tertiary/aromatic N) is 2. The van der Waals surface area contributed by atoms with E-state index in [9.17, 15) is 0 Å². The SMILES string of the molecule is Cn1nc(-c2cc3c(s2)CCCC3)c(-c2cccs2)c1N. The summed E-state index contributed by atoms with van der Waals surface area (Å²) in [7, 11) is 1.92. The first-order valence-corrected chi connectivity index (χ1v) is 8.92. The van der Waals surface area contributed by atoms with Gasteiger partial charge in [-0.3, -0.25) is 4.68 Å². The molecule has 21 heavy (non-hydrogen) atoms. The predicted molar refractivity (Wildman–Crippen MR) is 90.9 cm³/mol. The van der Waals surface area contributed by atoms with E-state index in [1.54, 1.807) is 16.0 Å². The highest BCUT2D eigenvalue weighted by Gasteiger charge is 2.22. The number of nitrogens with two attached hydrogens (primary N) is 1. The lowest BCUT2D eigenvalue weighted by Gasteiger charge is -2.08. The smallest absolute Gasteiger partial charge is 0.130 e. The molecule has 2 N–H and O–H groups in total. The molecule has 0 aliphatic heterocycles. The number of nitrogen functional groups attached to an aromatic ring is 1. The maximum atomic E-state index is 6.27. The van der Waals surface area contributed by atoms with Crippen molar-refractivity contribution in [2.75, 3.05) is 5.73 Å². The largest absolute Gasteiger partial charge is 0.383 e. The summed E-state index contributed by atoms with van der Waals surface area (Å²) in [4.78, 5) is 4.00. The van der Waals surface area contributed by atoms with Crippen molar-refractivity contribution in [3.63, 3.8) is 0 Å². The quantitative estimate of drug-likeness (QED) is 0.764. The molecular formula is C16H17N3S2. The van der Waals surface area contributed by atoms with Crippen molar-refractivity contribution in [3.8, 4) is 21.0 Å². The number of hydrogen-bond acceptors (Lipinski definition) is 4. The number of aromatic nitrogens is 2. The van der Waals surface area contributed by atoms with Crippen LogP contribution in [0.1, 0.15) is 23.3 Å². The predicted octanol–water partition coefficient (Wildman–Crippen LogP) is 4.34. The number of fused-ring (bicyclic) bond motifs is 1. The van der Waals surface area contributed by atoms with Crippen LogP contribution >= 0.6 is 22.7 Å². The van der Waals surface area contributed by atoms with Crippen molar-refractivity contribution in [2.45, 2.75) is 25.7 Å². The first-order chi connectivity index (χ1) is 10.2. The van der Waals surface area contributed by atoms with E-state index in [0.29, 0.717) is 0 Å². The molecule has 0 radical (unpaired) electrons. The van der Waals surface area contributed by atoms with E-state index >= 15 is 0 Å². The Labute approximate surface area is 132 Å². The minimum atomic E-state index is 0.749. The van der Waals surface area contributed by atoms with E-state index in [4.69, 9.17) is 5.73 Å². The van der Waals surface area contributed by atoms with Crippen molar-refractivity contribution in [1.82, 2.24) is 9.78 Å². The van der Waals surface area contributed by atoms with E-state index in [1.165, 1.54) is 45.9 Å². The molecule has 0 saturated heterocycles. The van der Waals surface area contributed by atoms with Crippen molar-refractivity contribution in [1.29, 1.82) is 0 Å². The zero-order valence-electron chi connectivity index (χ0n) is 11.9. The second-order valence-electron chi connectivity index (χ2n) is 5.48. The van der Waals surface area contributed by atoms with Crippen LogP contribution in [0.4, 0.5) is 5.82 Å². The lowest BCUT2D eigenvalue weighted by atomic mass is 9.99. The van der Waals surface area contributed by atoms with Gasteiger partial charge in [0.2, 0.25) is 0 Å². The summed E-state index contributed by atoms with van der Waals surface area (Å²) in [6.07, 6.45) is 5.06. The van der Waals surface area contributed by atoms with Crippen LogP contribution in [0.5, 0.6) is 0 Å². The number of rotatable bonds is 2. The molecule has 0 saturated carbocycles. The van der Waals surface area contributed by atoms with Gasteiger partial charge in [0.15, 0.2) is 0 Å². The molecule has 0 aromatic carbocycles. The third kappa shape index (κ3) is 2.12. The van der Waals surface area contributed by atoms with Crippen LogP contribution in [0.3, 0.4) is 0 Å². The van der Waals surface area contributed by atoms with Gasteiger partial charge in [0, 0.05) is 16.8 Å². The number of aryl methyl sites for hydroxylation is 3. The van der Waals surface area contributed by atoms with Crippen LogP contribution in [0, 0.1) is 0 Å². The zero-order chi connectivity index (χ0) is 14.4. The minimum absolute atomic E-state index is 0.749. The number of thiophene rings is 2. The summed E-state index contributed by atoms with van der Waals surface area (Å²) >= 11 is 3.61. The molecule has 0 atom stereocenters. The topological polar surface area (TPSA) is 43.8 Å². The van der Waals surface area contributed by atoms with E-state index in [0.717, 1.165) is 17.1 Å². The molecular weight excluding hydrogens is 298 g/mol. The van der Waals surface area contributed by atoms with Gasteiger partial charge in [-0.15, -0.1) is 22.7 Å². The van der Waals surface area contributed by atoms with Crippen LogP contribution in [-0.4, -0.2) is 9.78 Å². The van der Waals surface area contributed by atoms with E-state index in [-0.39, 0.29) is 0 Å². The molecule has 0 spiro atoms. The Morgan fingerprint density at radius 3 is 2.86 bits per heavy atom. The minimum Gasteiger partial charge on any atom is -0.383 e. The van der Waals surface area contributed by atoms with Gasteiger partial charge in [0.05, 0.1) is 10.4 Å². The van der Waals surface area contributed by atoms with Gasteiger partial charge in [-0.25, -0.2) is 0 Å². The molecule has 5 heteroatoms. The van der Waals surface area contributed by atoms with Crippen LogP contribution in [0.15, 0.2) is 23.6 Å². The maximum absolute atomic E-state index is 6.27. The number of anilines is 1. The third-order valence-corrected chi connectivity index (χ3v) is 6.22. The summed E-state index contributed by atoms with van der Waals surface area (Å²) in [5, 5.41) is 6.78. The average Bonchev–Trinajstić information content (AvgIpc) is 3.18. The highest BCUT2D eigenvalue weighted by molar-refractivity contribution is 7.16. The van der Waals surface area contributed by atoms with E-state index in [1.807, 2.05) is 18.4 Å². The fourth-order valence-electron chi connectivity index (χ4n) is 2.98. The highest BCUT2D eigenvalue weighted by Crippen LogP contribution is 2.42. The van der Waals surface area contributed by atoms with Gasteiger partial charge >= 0.3 is 0 Å². The fourth-order valence-corrected chi connectivity index (χ4v) is 5.01. The normalized spacial score (nSPS) is 14.3. The zero-order valence-corrected chi connectivity index (χ0v) is 13.6. The second-order valence-corrected chi connectivity index (χ2v) is 7.56. The number of hydrogen-bond donors (Lipinski definition) is 1. The third-order valence-electron chi connectivity index (χ3n) is 4.09. The maximum Gasteiger partial charge on any atom is 0.130 e. The van der Waals surface area contributed by atoms with Gasteiger partial charge in [-0.2, -0.15) is 5.10 Å². The monoisotopic (exact) mass is 315 g/mol. The summed E-state index contributed by atoms with van der Waals surface area (Å²) < 4.78 is 1.79. The Balaban J connectivity index is 1.89. The Kier molecular flexibility index (Phi) is 3.12. The first kappa shape index (κ1) is 13.1. The molecule has 4 rings (SSSR count). The van der Waals surface area contributed by atoms with Gasteiger partial charge in [-0.1, -0.05) is 6.07 Å². The molecule has 3 nitrogen and oxygen atoms in total. The molecule has 0 bridgehead atoms. The fraction of sp³-hybridized carbons (Fsp3) is 0.312. The van der Waals surface area contributed by atoms with Crippen molar-refractivity contribution < 1.29 is 0 Å². The molecule has 108 valence electrons. The van der Waals surface area contributed by atoms with E-state index in [2.05, 4.69) is 28.7 Å². The van der Waals surface area contributed by atoms with Crippen molar-refractivity contribution in [3.05, 3.63) is 34.0 Å². The van der Waals surface area contributed by atoms with E-state index < -0.39 is 0 Å². The molecule has 3 aromatic rings. The highest BCUT2D eigenvalue weighted by atomic mass is 32.1. The van der Waals surface area contributed by atoms with Gasteiger partial charge in [0.1, 0.15) is 11.5 Å². The molecule has 3 aromatic heterocycles.